The smallest absolute Gasteiger partial charge is 0.302 e. The van der Waals surface area contributed by atoms with E-state index in [4.69, 9.17) is 15.2 Å². The summed E-state index contributed by atoms with van der Waals surface area (Å²) in [7, 11) is 0. The van der Waals surface area contributed by atoms with Gasteiger partial charge in [0.05, 0.1) is 0 Å². The van der Waals surface area contributed by atoms with Crippen LogP contribution in [0, 0.1) is 34.5 Å². The SMILES string of the molecule is CC(=O)O[C@H]1CC[C@@]2(C)[C@H](CC[C@@H]3[C@@H]2CC[C@]2(C)[C@@H]([C@@H](C)OC(C)=O)CC[C@]32N)C1. The van der Waals surface area contributed by atoms with E-state index in [0.717, 1.165) is 38.5 Å². The van der Waals surface area contributed by atoms with Crippen LogP contribution in [-0.2, 0) is 19.1 Å². The zero-order chi connectivity index (χ0) is 21.9. The molecule has 5 nitrogen and oxygen atoms in total. The highest BCUT2D eigenvalue weighted by Gasteiger charge is 2.67. The maximum absolute atomic E-state index is 11.6. The van der Waals surface area contributed by atoms with E-state index in [0.29, 0.717) is 29.1 Å². The van der Waals surface area contributed by atoms with Crippen LogP contribution in [0.5, 0.6) is 0 Å². The van der Waals surface area contributed by atoms with Crippen molar-refractivity contribution in [2.75, 3.05) is 0 Å². The summed E-state index contributed by atoms with van der Waals surface area (Å²) >= 11 is 0. The molecule has 0 amide bonds. The summed E-state index contributed by atoms with van der Waals surface area (Å²) in [6.07, 6.45) is 9.96. The van der Waals surface area contributed by atoms with Gasteiger partial charge >= 0.3 is 11.9 Å². The molecular weight excluding hydrogens is 378 g/mol. The van der Waals surface area contributed by atoms with Crippen LogP contribution in [0.4, 0.5) is 0 Å². The van der Waals surface area contributed by atoms with E-state index in [1.54, 1.807) is 0 Å². The lowest BCUT2D eigenvalue weighted by atomic mass is 9.42. The number of hydrogen-bond donors (Lipinski definition) is 1. The number of nitrogens with two attached hydrogens (primary N) is 1. The second kappa shape index (κ2) is 7.50. The highest BCUT2D eigenvalue weighted by Crippen LogP contribution is 2.68. The summed E-state index contributed by atoms with van der Waals surface area (Å²) in [4.78, 5) is 23.1. The molecule has 4 fully saturated rings. The number of rotatable bonds is 3. The summed E-state index contributed by atoms with van der Waals surface area (Å²) in [6.45, 7) is 9.97. The minimum atomic E-state index is -0.188. The van der Waals surface area contributed by atoms with E-state index in [1.807, 2.05) is 0 Å². The van der Waals surface area contributed by atoms with Gasteiger partial charge in [-0.2, -0.15) is 0 Å². The summed E-state index contributed by atoms with van der Waals surface area (Å²) in [6, 6.07) is 0. The van der Waals surface area contributed by atoms with Gasteiger partial charge in [-0.3, -0.25) is 9.59 Å². The minimum Gasteiger partial charge on any atom is -0.463 e. The minimum absolute atomic E-state index is 0.0289. The van der Waals surface area contributed by atoms with Crippen molar-refractivity contribution < 1.29 is 19.1 Å². The van der Waals surface area contributed by atoms with Crippen molar-refractivity contribution in [3.05, 3.63) is 0 Å². The summed E-state index contributed by atoms with van der Waals surface area (Å²) in [5, 5.41) is 0. The van der Waals surface area contributed by atoms with E-state index in [1.165, 1.54) is 33.1 Å². The molecule has 4 aliphatic rings. The van der Waals surface area contributed by atoms with Gasteiger partial charge in [-0.25, -0.2) is 0 Å². The third-order valence-corrected chi connectivity index (χ3v) is 10.3. The van der Waals surface area contributed by atoms with E-state index >= 15 is 0 Å². The molecule has 0 aromatic carbocycles. The lowest BCUT2D eigenvalue weighted by Crippen LogP contribution is -2.67. The van der Waals surface area contributed by atoms with Gasteiger partial charge in [-0.05, 0) is 93.3 Å². The van der Waals surface area contributed by atoms with Crippen LogP contribution in [0.3, 0.4) is 0 Å². The number of hydrogen-bond acceptors (Lipinski definition) is 5. The third kappa shape index (κ3) is 3.22. The van der Waals surface area contributed by atoms with Gasteiger partial charge in [-0.15, -0.1) is 0 Å². The molecular formula is C25H41NO4. The quantitative estimate of drug-likeness (QED) is 0.676. The first-order chi connectivity index (χ1) is 14.0. The number of esters is 2. The molecule has 0 aromatic heterocycles. The van der Waals surface area contributed by atoms with Crippen molar-refractivity contribution in [3.63, 3.8) is 0 Å². The maximum Gasteiger partial charge on any atom is 0.302 e. The lowest BCUT2D eigenvalue weighted by molar-refractivity contribution is -0.167. The Hall–Kier alpha value is -1.10. The Morgan fingerprint density at radius 1 is 0.933 bits per heavy atom. The Balaban J connectivity index is 1.55. The van der Waals surface area contributed by atoms with Gasteiger partial charge in [0.15, 0.2) is 0 Å². The van der Waals surface area contributed by atoms with Crippen molar-refractivity contribution in [2.24, 2.45) is 40.2 Å². The molecule has 5 heteroatoms. The Morgan fingerprint density at radius 3 is 2.33 bits per heavy atom. The molecule has 170 valence electrons. The molecule has 4 rings (SSSR count). The molecule has 9 atom stereocenters. The molecule has 4 aliphatic carbocycles. The lowest BCUT2D eigenvalue weighted by Gasteiger charge is -2.64. The number of carbonyl (C=O) groups excluding carboxylic acids is 2. The van der Waals surface area contributed by atoms with Crippen LogP contribution in [0.2, 0.25) is 0 Å². The second-order valence-electron chi connectivity index (χ2n) is 11.5. The van der Waals surface area contributed by atoms with Gasteiger partial charge in [0.25, 0.3) is 0 Å². The largest absolute Gasteiger partial charge is 0.463 e. The molecule has 0 unspecified atom stereocenters. The van der Waals surface area contributed by atoms with Gasteiger partial charge < -0.3 is 15.2 Å². The molecule has 4 saturated carbocycles. The first-order valence-corrected chi connectivity index (χ1v) is 12.1. The van der Waals surface area contributed by atoms with Crippen LogP contribution in [0.1, 0.15) is 92.4 Å². The predicted octanol–water partition coefficient (Wildman–Crippen LogP) is 4.61. The van der Waals surface area contributed by atoms with Crippen molar-refractivity contribution in [1.82, 2.24) is 0 Å². The van der Waals surface area contributed by atoms with Gasteiger partial charge in [-0.1, -0.05) is 13.8 Å². The monoisotopic (exact) mass is 419 g/mol. The van der Waals surface area contributed by atoms with Crippen molar-refractivity contribution >= 4 is 11.9 Å². The first kappa shape index (κ1) is 22.1. The molecule has 0 bridgehead atoms. The Kier molecular flexibility index (Phi) is 5.52. The average molecular weight is 420 g/mol. The van der Waals surface area contributed by atoms with E-state index in [-0.39, 0.29) is 35.1 Å². The van der Waals surface area contributed by atoms with Crippen LogP contribution in [0.15, 0.2) is 0 Å². The second-order valence-corrected chi connectivity index (χ2v) is 11.5. The van der Waals surface area contributed by atoms with Crippen molar-refractivity contribution in [1.29, 1.82) is 0 Å². The Morgan fingerprint density at radius 2 is 1.67 bits per heavy atom. The standard InChI is InChI=1S/C25H41NO4/c1-15(29-16(2)27)20-10-13-25(26)22-7-6-18-14-19(30-17(3)28)8-11-23(18,4)21(22)9-12-24(20,25)5/h15,18-22H,6-14,26H2,1-5H3/t15-,18-,19+,20-,21+,22-,23+,24-,25+/m1/s1. The van der Waals surface area contributed by atoms with Gasteiger partial charge in [0, 0.05) is 25.3 Å². The fourth-order valence-corrected chi connectivity index (χ4v) is 8.77. The molecule has 30 heavy (non-hydrogen) atoms. The Labute approximate surface area is 181 Å². The number of fused-ring (bicyclic) bond motifs is 5. The average Bonchev–Trinajstić information content (AvgIpc) is 2.92. The van der Waals surface area contributed by atoms with E-state index in [9.17, 15) is 9.59 Å². The van der Waals surface area contributed by atoms with Crippen molar-refractivity contribution in [2.45, 2.75) is 110 Å². The highest BCUT2D eigenvalue weighted by atomic mass is 16.5. The van der Waals surface area contributed by atoms with Crippen LogP contribution in [0.25, 0.3) is 0 Å². The first-order valence-electron chi connectivity index (χ1n) is 12.1. The molecule has 0 spiro atoms. The van der Waals surface area contributed by atoms with Crippen LogP contribution < -0.4 is 5.73 Å². The molecule has 0 radical (unpaired) electrons. The summed E-state index contributed by atoms with van der Waals surface area (Å²) in [5.74, 6) is 1.82. The molecule has 0 heterocycles. The topological polar surface area (TPSA) is 78.6 Å². The maximum atomic E-state index is 11.6. The predicted molar refractivity (Wildman–Crippen MR) is 115 cm³/mol. The summed E-state index contributed by atoms with van der Waals surface area (Å²) in [5.41, 5.74) is 7.53. The molecule has 0 aliphatic heterocycles. The van der Waals surface area contributed by atoms with Gasteiger partial charge in [0.1, 0.15) is 12.2 Å². The Bertz CT molecular complexity index is 709. The fourth-order valence-electron chi connectivity index (χ4n) is 8.77. The van der Waals surface area contributed by atoms with Crippen LogP contribution in [-0.4, -0.2) is 29.7 Å². The molecule has 2 N–H and O–H groups in total. The number of carbonyl (C=O) groups is 2. The summed E-state index contributed by atoms with van der Waals surface area (Å²) < 4.78 is 11.2. The zero-order valence-corrected chi connectivity index (χ0v) is 19.5. The fraction of sp³-hybridized carbons (Fsp3) is 0.920. The molecule has 0 aromatic rings. The number of ether oxygens (including phenoxy) is 2. The van der Waals surface area contributed by atoms with E-state index < -0.39 is 0 Å². The van der Waals surface area contributed by atoms with E-state index in [2.05, 4.69) is 20.8 Å². The normalized spacial score (nSPS) is 48.7. The third-order valence-electron chi connectivity index (χ3n) is 10.3. The van der Waals surface area contributed by atoms with Crippen molar-refractivity contribution in [3.8, 4) is 0 Å². The van der Waals surface area contributed by atoms with Gasteiger partial charge in [0.2, 0.25) is 0 Å². The molecule has 0 saturated heterocycles. The zero-order valence-electron chi connectivity index (χ0n) is 19.5. The highest BCUT2D eigenvalue weighted by molar-refractivity contribution is 5.66. The van der Waals surface area contributed by atoms with Crippen LogP contribution >= 0.6 is 0 Å².